The molecule has 0 radical (unpaired) electrons. The summed E-state index contributed by atoms with van der Waals surface area (Å²) in [7, 11) is 1.30. The second kappa shape index (κ2) is 10.0. The minimum Gasteiger partial charge on any atom is -0.494 e. The fourth-order valence-corrected chi connectivity index (χ4v) is 2.39. The van der Waals surface area contributed by atoms with Crippen LogP contribution >= 0.6 is 0 Å². The number of anilines is 1. The van der Waals surface area contributed by atoms with Crippen LogP contribution in [0.25, 0.3) is 0 Å². The van der Waals surface area contributed by atoms with Gasteiger partial charge in [0.25, 0.3) is 17.5 Å². The van der Waals surface area contributed by atoms with Crippen molar-refractivity contribution in [3.8, 4) is 5.75 Å². The quantitative estimate of drug-likeness (QED) is 0.383. The van der Waals surface area contributed by atoms with E-state index in [4.69, 9.17) is 9.47 Å². The Morgan fingerprint density at radius 1 is 1.07 bits per heavy atom. The summed E-state index contributed by atoms with van der Waals surface area (Å²) in [6.07, 6.45) is -1.19. The Bertz CT molecular complexity index is 947. The molecule has 0 fully saturated rings. The number of esters is 1. The molecule has 0 aliphatic rings. The molecule has 2 atom stereocenters. The minimum atomic E-state index is -1.19. The Balaban J connectivity index is 1.95. The number of carbonyl (C=O) groups is 3. The summed E-state index contributed by atoms with van der Waals surface area (Å²) >= 11 is 0. The molecule has 0 aliphatic heterocycles. The van der Waals surface area contributed by atoms with Gasteiger partial charge < -0.3 is 20.1 Å². The van der Waals surface area contributed by atoms with Gasteiger partial charge in [-0.05, 0) is 32.0 Å². The fraction of sp³-hybridized carbons (Fsp3) is 0.250. The van der Waals surface area contributed by atoms with Gasteiger partial charge in [0, 0.05) is 11.6 Å². The SMILES string of the molecule is COc1cc([N+](=O)[O-])ccc1NC(=O)[C@H](C)OC(=O)[C@H](C)NC(=O)c1ccccc1. The lowest BCUT2D eigenvalue weighted by molar-refractivity contribution is -0.384. The van der Waals surface area contributed by atoms with Crippen molar-refractivity contribution >= 4 is 29.2 Å². The molecule has 30 heavy (non-hydrogen) atoms. The van der Waals surface area contributed by atoms with Gasteiger partial charge in [-0.3, -0.25) is 19.7 Å². The van der Waals surface area contributed by atoms with E-state index in [2.05, 4.69) is 10.6 Å². The number of methoxy groups -OCH3 is 1. The van der Waals surface area contributed by atoms with Gasteiger partial charge in [0.1, 0.15) is 11.8 Å². The predicted molar refractivity (Wildman–Crippen MR) is 107 cm³/mol. The molecule has 2 N–H and O–H groups in total. The van der Waals surface area contributed by atoms with Crippen LogP contribution in [0.4, 0.5) is 11.4 Å². The number of amides is 2. The molecular weight excluding hydrogens is 394 g/mol. The Morgan fingerprint density at radius 3 is 2.33 bits per heavy atom. The number of carbonyl (C=O) groups excluding carboxylic acids is 3. The van der Waals surface area contributed by atoms with Gasteiger partial charge in [-0.1, -0.05) is 18.2 Å². The molecule has 10 nitrogen and oxygen atoms in total. The Kier molecular flexibility index (Phi) is 7.45. The first kappa shape index (κ1) is 22.3. The molecule has 0 heterocycles. The summed E-state index contributed by atoms with van der Waals surface area (Å²) in [6.45, 7) is 2.80. The number of nitro benzene ring substituents is 1. The first-order valence-electron chi connectivity index (χ1n) is 8.92. The van der Waals surface area contributed by atoms with Crippen LogP contribution in [0.3, 0.4) is 0 Å². The van der Waals surface area contributed by atoms with Gasteiger partial charge in [-0.2, -0.15) is 0 Å². The molecule has 0 bridgehead atoms. The molecular formula is C20H21N3O7. The van der Waals surface area contributed by atoms with Crippen LogP contribution in [-0.2, 0) is 14.3 Å². The lowest BCUT2D eigenvalue weighted by atomic mass is 10.2. The largest absolute Gasteiger partial charge is 0.494 e. The summed E-state index contributed by atoms with van der Waals surface area (Å²) in [5.74, 6) is -1.83. The molecule has 10 heteroatoms. The van der Waals surface area contributed by atoms with Crippen LogP contribution in [0.1, 0.15) is 24.2 Å². The molecule has 2 aromatic carbocycles. The summed E-state index contributed by atoms with van der Waals surface area (Å²) in [6, 6.07) is 11.0. The third-order valence-electron chi connectivity index (χ3n) is 4.05. The molecule has 0 aliphatic carbocycles. The maximum atomic E-state index is 12.3. The second-order valence-electron chi connectivity index (χ2n) is 6.27. The van der Waals surface area contributed by atoms with E-state index in [1.54, 1.807) is 30.3 Å². The molecule has 0 saturated heterocycles. The molecule has 0 aromatic heterocycles. The van der Waals surface area contributed by atoms with Crippen LogP contribution < -0.4 is 15.4 Å². The van der Waals surface area contributed by atoms with Gasteiger partial charge in [-0.15, -0.1) is 0 Å². The third kappa shape index (κ3) is 5.77. The lowest BCUT2D eigenvalue weighted by Crippen LogP contribution is -2.42. The van der Waals surface area contributed by atoms with Crippen molar-refractivity contribution in [2.24, 2.45) is 0 Å². The number of hydrogen-bond acceptors (Lipinski definition) is 7. The first-order valence-corrected chi connectivity index (χ1v) is 8.92. The molecule has 2 aromatic rings. The number of hydrogen-bond donors (Lipinski definition) is 2. The number of non-ortho nitro benzene ring substituents is 1. The monoisotopic (exact) mass is 415 g/mol. The lowest BCUT2D eigenvalue weighted by Gasteiger charge is -2.18. The van der Waals surface area contributed by atoms with E-state index in [9.17, 15) is 24.5 Å². The average Bonchev–Trinajstić information content (AvgIpc) is 2.74. The molecule has 2 amide bonds. The van der Waals surface area contributed by atoms with Crippen molar-refractivity contribution in [2.45, 2.75) is 26.0 Å². The van der Waals surface area contributed by atoms with Gasteiger partial charge in [0.05, 0.1) is 23.8 Å². The third-order valence-corrected chi connectivity index (χ3v) is 4.05. The highest BCUT2D eigenvalue weighted by Crippen LogP contribution is 2.29. The number of nitro groups is 1. The van der Waals surface area contributed by atoms with Gasteiger partial charge in [-0.25, -0.2) is 4.79 Å². The Morgan fingerprint density at radius 2 is 1.73 bits per heavy atom. The van der Waals surface area contributed by atoms with Crippen molar-refractivity contribution in [3.05, 3.63) is 64.2 Å². The highest BCUT2D eigenvalue weighted by atomic mass is 16.6. The molecule has 0 spiro atoms. The van der Waals surface area contributed by atoms with Crippen LogP contribution in [0.2, 0.25) is 0 Å². The molecule has 0 unspecified atom stereocenters. The second-order valence-corrected chi connectivity index (χ2v) is 6.27. The summed E-state index contributed by atoms with van der Waals surface area (Å²) in [4.78, 5) is 46.9. The zero-order chi connectivity index (χ0) is 22.3. The topological polar surface area (TPSA) is 137 Å². The number of nitrogens with zero attached hydrogens (tertiary/aromatic N) is 1. The maximum absolute atomic E-state index is 12.3. The van der Waals surface area contributed by atoms with Crippen LogP contribution in [0.5, 0.6) is 5.75 Å². The minimum absolute atomic E-state index is 0.0829. The maximum Gasteiger partial charge on any atom is 0.329 e. The summed E-state index contributed by atoms with van der Waals surface area (Å²) in [5.41, 5.74) is 0.363. The Labute approximate surface area is 172 Å². The van der Waals surface area contributed by atoms with Gasteiger partial charge in [0.15, 0.2) is 6.10 Å². The van der Waals surface area contributed by atoms with Crippen molar-refractivity contribution in [2.75, 3.05) is 12.4 Å². The molecule has 0 saturated carbocycles. The average molecular weight is 415 g/mol. The first-order chi connectivity index (χ1) is 14.2. The molecule has 2 rings (SSSR count). The Hall–Kier alpha value is -3.95. The number of rotatable bonds is 8. The zero-order valence-electron chi connectivity index (χ0n) is 16.6. The van der Waals surface area contributed by atoms with Crippen molar-refractivity contribution in [1.82, 2.24) is 5.32 Å². The number of benzene rings is 2. The van der Waals surface area contributed by atoms with E-state index in [0.29, 0.717) is 5.56 Å². The molecule has 158 valence electrons. The van der Waals surface area contributed by atoms with E-state index in [-0.39, 0.29) is 17.1 Å². The van der Waals surface area contributed by atoms with E-state index < -0.39 is 34.9 Å². The van der Waals surface area contributed by atoms with E-state index in [0.717, 1.165) is 6.07 Å². The summed E-state index contributed by atoms with van der Waals surface area (Å²) in [5, 5.41) is 15.8. The highest BCUT2D eigenvalue weighted by Gasteiger charge is 2.24. The van der Waals surface area contributed by atoms with Crippen LogP contribution in [0.15, 0.2) is 48.5 Å². The predicted octanol–water partition coefficient (Wildman–Crippen LogP) is 2.29. The fourth-order valence-electron chi connectivity index (χ4n) is 2.39. The van der Waals surface area contributed by atoms with Crippen molar-refractivity contribution in [3.63, 3.8) is 0 Å². The van der Waals surface area contributed by atoms with Crippen molar-refractivity contribution in [1.29, 1.82) is 0 Å². The van der Waals surface area contributed by atoms with Gasteiger partial charge >= 0.3 is 5.97 Å². The van der Waals surface area contributed by atoms with Crippen LogP contribution in [-0.4, -0.2) is 42.0 Å². The number of nitrogens with one attached hydrogen (secondary N) is 2. The smallest absolute Gasteiger partial charge is 0.329 e. The van der Waals surface area contributed by atoms with Gasteiger partial charge in [0.2, 0.25) is 0 Å². The highest BCUT2D eigenvalue weighted by molar-refractivity contribution is 5.98. The normalized spacial score (nSPS) is 12.2. The standard InChI is InChI=1S/C20H21N3O7/c1-12(21-19(25)14-7-5-4-6-8-14)20(26)30-13(2)18(24)22-16-10-9-15(23(27)28)11-17(16)29-3/h4-13H,1-3H3,(H,21,25)(H,22,24)/t12-,13-/m0/s1. The van der Waals surface area contributed by atoms with E-state index >= 15 is 0 Å². The summed E-state index contributed by atoms with van der Waals surface area (Å²) < 4.78 is 10.2. The van der Waals surface area contributed by atoms with E-state index in [1.807, 2.05) is 0 Å². The zero-order valence-corrected chi connectivity index (χ0v) is 16.6. The number of ether oxygens (including phenoxy) is 2. The van der Waals surface area contributed by atoms with E-state index in [1.165, 1.54) is 33.1 Å². The van der Waals surface area contributed by atoms with Crippen LogP contribution in [0, 0.1) is 10.1 Å². The van der Waals surface area contributed by atoms with Crippen molar-refractivity contribution < 1.29 is 28.8 Å².